The number of hydrogen-bond donors (Lipinski definition) is 2. The number of amides is 1. The van der Waals surface area contributed by atoms with Gasteiger partial charge in [-0.25, -0.2) is 0 Å². The van der Waals surface area contributed by atoms with Gasteiger partial charge in [0.05, 0.1) is 12.7 Å². The van der Waals surface area contributed by atoms with Crippen molar-refractivity contribution in [3.8, 4) is 0 Å². The van der Waals surface area contributed by atoms with Gasteiger partial charge in [-0.1, -0.05) is 12.1 Å². The molecule has 0 aliphatic heterocycles. The van der Waals surface area contributed by atoms with E-state index in [0.717, 1.165) is 27.7 Å². The third-order valence-corrected chi connectivity index (χ3v) is 3.31. The fourth-order valence-corrected chi connectivity index (χ4v) is 2.23. The summed E-state index contributed by atoms with van der Waals surface area (Å²) in [6.45, 7) is 2.56. The molecule has 3 aromatic rings. The Kier molecular flexibility index (Phi) is 3.29. The first kappa shape index (κ1) is 12.5. The van der Waals surface area contributed by atoms with Crippen LogP contribution in [0.5, 0.6) is 0 Å². The summed E-state index contributed by atoms with van der Waals surface area (Å²) in [6.07, 6.45) is 5.71. The molecule has 0 saturated carbocycles. The lowest BCUT2D eigenvalue weighted by Gasteiger charge is -2.02. The predicted molar refractivity (Wildman–Crippen MR) is 77.3 cm³/mol. The van der Waals surface area contributed by atoms with Crippen LogP contribution in [0.3, 0.4) is 0 Å². The van der Waals surface area contributed by atoms with Gasteiger partial charge in [-0.15, -0.1) is 0 Å². The molecule has 2 N–H and O–H groups in total. The average molecular weight is 268 g/mol. The summed E-state index contributed by atoms with van der Waals surface area (Å²) in [5.41, 5.74) is 3.96. The van der Waals surface area contributed by atoms with Gasteiger partial charge in [-0.2, -0.15) is 0 Å². The van der Waals surface area contributed by atoms with E-state index >= 15 is 0 Å². The van der Waals surface area contributed by atoms with Crippen LogP contribution in [-0.4, -0.2) is 10.9 Å². The Hall–Kier alpha value is -2.49. The molecule has 0 unspecified atom stereocenters. The van der Waals surface area contributed by atoms with E-state index in [1.54, 1.807) is 6.26 Å². The summed E-state index contributed by atoms with van der Waals surface area (Å²) < 4.78 is 5.50. The lowest BCUT2D eigenvalue weighted by atomic mass is 10.1. The molecule has 0 aliphatic rings. The fourth-order valence-electron chi connectivity index (χ4n) is 2.23. The summed E-state index contributed by atoms with van der Waals surface area (Å²) in [4.78, 5) is 14.9. The maximum absolute atomic E-state index is 12.0. The molecule has 1 amide bonds. The van der Waals surface area contributed by atoms with E-state index in [2.05, 4.69) is 10.3 Å². The first-order valence-electron chi connectivity index (χ1n) is 6.57. The Bertz CT molecular complexity index is 726. The van der Waals surface area contributed by atoms with E-state index in [1.165, 1.54) is 0 Å². The quantitative estimate of drug-likeness (QED) is 0.764. The van der Waals surface area contributed by atoms with E-state index in [0.29, 0.717) is 13.0 Å². The third-order valence-electron chi connectivity index (χ3n) is 3.31. The largest absolute Gasteiger partial charge is 0.464 e. The summed E-state index contributed by atoms with van der Waals surface area (Å²) in [6, 6.07) is 7.95. The minimum atomic E-state index is -0.00512. The molecule has 0 aliphatic carbocycles. The van der Waals surface area contributed by atoms with Crippen molar-refractivity contribution in [2.45, 2.75) is 19.9 Å². The Morgan fingerprint density at radius 1 is 1.35 bits per heavy atom. The van der Waals surface area contributed by atoms with Crippen molar-refractivity contribution in [1.29, 1.82) is 0 Å². The smallest absolute Gasteiger partial charge is 0.224 e. The van der Waals surface area contributed by atoms with Gasteiger partial charge < -0.3 is 14.7 Å². The number of nitrogens with one attached hydrogen (secondary N) is 2. The zero-order valence-electron chi connectivity index (χ0n) is 11.3. The second kappa shape index (κ2) is 5.25. The highest BCUT2D eigenvalue weighted by Crippen LogP contribution is 2.22. The number of hydrogen-bond acceptors (Lipinski definition) is 2. The molecular formula is C16H16N2O2. The van der Waals surface area contributed by atoms with Crippen LogP contribution in [-0.2, 0) is 17.8 Å². The van der Waals surface area contributed by atoms with Crippen molar-refractivity contribution in [3.63, 3.8) is 0 Å². The highest BCUT2D eigenvalue weighted by atomic mass is 16.3. The van der Waals surface area contributed by atoms with Crippen LogP contribution in [0, 0.1) is 6.92 Å². The zero-order chi connectivity index (χ0) is 13.9. The van der Waals surface area contributed by atoms with Crippen molar-refractivity contribution in [1.82, 2.24) is 10.3 Å². The van der Waals surface area contributed by atoms with Crippen molar-refractivity contribution < 1.29 is 9.21 Å². The van der Waals surface area contributed by atoms with Gasteiger partial charge in [0.2, 0.25) is 5.91 Å². The van der Waals surface area contributed by atoms with E-state index < -0.39 is 0 Å². The number of furan rings is 1. The number of fused-ring (bicyclic) bond motifs is 1. The van der Waals surface area contributed by atoms with Crippen molar-refractivity contribution in [2.24, 2.45) is 0 Å². The maximum atomic E-state index is 12.0. The SMILES string of the molecule is Cc1ccc2c(CC(=O)NCc3cc[nH]c3)coc2c1. The van der Waals surface area contributed by atoms with E-state index in [9.17, 15) is 4.79 Å². The number of carbonyl (C=O) groups is 1. The van der Waals surface area contributed by atoms with Crippen molar-refractivity contribution >= 4 is 16.9 Å². The molecule has 4 heteroatoms. The Morgan fingerprint density at radius 3 is 3.05 bits per heavy atom. The summed E-state index contributed by atoms with van der Waals surface area (Å²) >= 11 is 0. The fraction of sp³-hybridized carbons (Fsp3) is 0.188. The molecule has 0 fully saturated rings. The van der Waals surface area contributed by atoms with Crippen LogP contribution in [0.1, 0.15) is 16.7 Å². The summed E-state index contributed by atoms with van der Waals surface area (Å²) in [5, 5.41) is 3.91. The molecule has 0 radical (unpaired) electrons. The minimum absolute atomic E-state index is 0.00512. The molecular weight excluding hydrogens is 252 g/mol. The molecule has 0 saturated heterocycles. The second-order valence-corrected chi connectivity index (χ2v) is 4.93. The molecule has 1 aromatic carbocycles. The predicted octanol–water partition coefficient (Wildman–Crippen LogP) is 2.93. The van der Waals surface area contributed by atoms with Crippen molar-refractivity contribution in [3.05, 3.63) is 59.6 Å². The monoisotopic (exact) mass is 268 g/mol. The number of aryl methyl sites for hydroxylation is 1. The van der Waals surface area contributed by atoms with Gasteiger partial charge >= 0.3 is 0 Å². The van der Waals surface area contributed by atoms with Gasteiger partial charge in [-0.3, -0.25) is 4.79 Å². The van der Waals surface area contributed by atoms with Crippen LogP contribution in [0.4, 0.5) is 0 Å². The number of rotatable bonds is 4. The van der Waals surface area contributed by atoms with Gasteiger partial charge in [0.15, 0.2) is 0 Å². The molecule has 0 spiro atoms. The molecule has 4 nitrogen and oxygen atoms in total. The van der Waals surface area contributed by atoms with Crippen LogP contribution < -0.4 is 5.32 Å². The van der Waals surface area contributed by atoms with Gasteiger partial charge in [-0.05, 0) is 30.2 Å². The first-order valence-corrected chi connectivity index (χ1v) is 6.57. The summed E-state index contributed by atoms with van der Waals surface area (Å²) in [5.74, 6) is -0.00512. The van der Waals surface area contributed by atoms with Crippen LogP contribution in [0.25, 0.3) is 11.0 Å². The van der Waals surface area contributed by atoms with E-state index in [1.807, 2.05) is 43.6 Å². The lowest BCUT2D eigenvalue weighted by molar-refractivity contribution is -0.120. The van der Waals surface area contributed by atoms with Gasteiger partial charge in [0.1, 0.15) is 5.58 Å². The van der Waals surface area contributed by atoms with E-state index in [4.69, 9.17) is 4.42 Å². The van der Waals surface area contributed by atoms with Crippen LogP contribution >= 0.6 is 0 Å². The molecule has 102 valence electrons. The lowest BCUT2D eigenvalue weighted by Crippen LogP contribution is -2.24. The highest BCUT2D eigenvalue weighted by molar-refractivity contribution is 5.87. The van der Waals surface area contributed by atoms with Crippen LogP contribution in [0.2, 0.25) is 0 Å². The topological polar surface area (TPSA) is 58.0 Å². The maximum Gasteiger partial charge on any atom is 0.224 e. The van der Waals surface area contributed by atoms with Crippen molar-refractivity contribution in [2.75, 3.05) is 0 Å². The van der Waals surface area contributed by atoms with Crippen LogP contribution in [0.15, 0.2) is 47.3 Å². The Labute approximate surface area is 116 Å². The van der Waals surface area contributed by atoms with Gasteiger partial charge in [0, 0.05) is 29.9 Å². The minimum Gasteiger partial charge on any atom is -0.464 e. The molecule has 0 atom stereocenters. The molecule has 2 heterocycles. The standard InChI is InChI=1S/C16H16N2O2/c1-11-2-3-14-13(10-20-15(14)6-11)7-16(19)18-9-12-4-5-17-8-12/h2-6,8,10,17H,7,9H2,1H3,(H,18,19). The Morgan fingerprint density at radius 2 is 2.25 bits per heavy atom. The number of aromatic nitrogens is 1. The number of aromatic amines is 1. The first-order chi connectivity index (χ1) is 9.72. The number of carbonyl (C=O) groups excluding carboxylic acids is 1. The van der Waals surface area contributed by atoms with E-state index in [-0.39, 0.29) is 5.91 Å². The third kappa shape index (κ3) is 2.59. The Balaban J connectivity index is 1.68. The molecule has 0 bridgehead atoms. The second-order valence-electron chi connectivity index (χ2n) is 4.93. The normalized spacial score (nSPS) is 10.8. The highest BCUT2D eigenvalue weighted by Gasteiger charge is 2.10. The molecule has 2 aromatic heterocycles. The zero-order valence-corrected chi connectivity index (χ0v) is 11.3. The molecule has 20 heavy (non-hydrogen) atoms. The number of benzene rings is 1. The van der Waals surface area contributed by atoms with Gasteiger partial charge in [0.25, 0.3) is 0 Å². The number of H-pyrrole nitrogens is 1. The molecule has 3 rings (SSSR count). The summed E-state index contributed by atoms with van der Waals surface area (Å²) in [7, 11) is 0. The average Bonchev–Trinajstić information content (AvgIpc) is 3.06.